The molecule has 24 heavy (non-hydrogen) atoms. The Bertz CT molecular complexity index is 376. The molecule has 0 aromatic heterocycles. The average Bonchev–Trinajstić information content (AvgIpc) is 2.96. The molecule has 1 saturated carbocycles. The third-order valence-electron chi connectivity index (χ3n) is 4.82. The summed E-state index contributed by atoms with van der Waals surface area (Å²) in [6.07, 6.45) is 10.3. The summed E-state index contributed by atoms with van der Waals surface area (Å²) in [4.78, 5) is 12.0. The summed E-state index contributed by atoms with van der Waals surface area (Å²) in [5.41, 5.74) is 0. The van der Waals surface area contributed by atoms with Crippen molar-refractivity contribution in [3.8, 4) is 0 Å². The van der Waals surface area contributed by atoms with Crippen LogP contribution in [0.3, 0.4) is 0 Å². The van der Waals surface area contributed by atoms with Crippen LogP contribution in [0.15, 0.2) is 12.7 Å². The number of nitrogens with one attached hydrogen (secondary N) is 2. The lowest BCUT2D eigenvalue weighted by Gasteiger charge is -2.17. The molecule has 1 fully saturated rings. The Balaban J connectivity index is 2.10. The van der Waals surface area contributed by atoms with Gasteiger partial charge in [0.2, 0.25) is 5.91 Å². The minimum atomic E-state index is -0.967. The average molecular weight is 357 g/mol. The van der Waals surface area contributed by atoms with Crippen LogP contribution in [0.1, 0.15) is 72.1 Å². The van der Waals surface area contributed by atoms with E-state index in [9.17, 15) is 9.35 Å². The monoisotopic (exact) mass is 356 g/mol. The molecule has 0 bridgehead atoms. The van der Waals surface area contributed by atoms with Crippen molar-refractivity contribution >= 4 is 17.3 Å². The molecule has 0 radical (unpaired) electrons. The molecule has 0 aromatic rings. The van der Waals surface area contributed by atoms with Crippen molar-refractivity contribution in [2.24, 2.45) is 11.8 Å². The number of hydrogen-bond acceptors (Lipinski definition) is 3. The number of carbonyl (C=O) groups excluding carboxylic acids is 1. The van der Waals surface area contributed by atoms with Gasteiger partial charge in [-0.15, -0.1) is 11.3 Å². The first-order valence-corrected chi connectivity index (χ1v) is 10.7. The number of unbranched alkanes of at least 4 members (excludes halogenated alkanes) is 1. The van der Waals surface area contributed by atoms with Crippen LogP contribution in [0.4, 0.5) is 0 Å². The van der Waals surface area contributed by atoms with Crippen LogP contribution in [0.5, 0.6) is 0 Å². The highest BCUT2D eigenvalue weighted by Gasteiger charge is 2.22. The lowest BCUT2D eigenvalue weighted by molar-refractivity contribution is -0.121. The molecule has 0 spiro atoms. The predicted octanol–water partition coefficient (Wildman–Crippen LogP) is 3.71. The fraction of sp³-hybridized carbons (Fsp3) is 0.842. The van der Waals surface area contributed by atoms with Crippen LogP contribution in [0.25, 0.3) is 0 Å². The zero-order valence-corrected chi connectivity index (χ0v) is 16.5. The Kier molecular flexibility index (Phi) is 10.7. The molecule has 4 unspecified atom stereocenters. The number of amides is 1. The molecule has 0 heterocycles. The van der Waals surface area contributed by atoms with E-state index >= 15 is 0 Å². The normalized spacial score (nSPS) is 23.2. The maximum absolute atomic E-state index is 12.0. The van der Waals surface area contributed by atoms with Crippen molar-refractivity contribution in [1.82, 2.24) is 10.0 Å². The molecule has 1 amide bonds. The third-order valence-corrected chi connectivity index (χ3v) is 6.17. The highest BCUT2D eigenvalue weighted by atomic mass is 32.2. The topological polar surface area (TPSA) is 64.2 Å². The molecule has 1 aliphatic rings. The molecular formula is C19H36N2O2S. The molecule has 0 saturated heterocycles. The van der Waals surface area contributed by atoms with Gasteiger partial charge in [0.15, 0.2) is 0 Å². The molecule has 4 atom stereocenters. The summed E-state index contributed by atoms with van der Waals surface area (Å²) in [5.74, 6) is 1.79. The summed E-state index contributed by atoms with van der Waals surface area (Å²) in [6, 6.07) is 0.0972. The Hall–Kier alpha value is -0.520. The van der Waals surface area contributed by atoms with Gasteiger partial charge in [-0.3, -0.25) is 4.79 Å². The van der Waals surface area contributed by atoms with Gasteiger partial charge < -0.3 is 9.87 Å². The Morgan fingerprint density at radius 1 is 1.38 bits per heavy atom. The van der Waals surface area contributed by atoms with Crippen molar-refractivity contribution in [3.63, 3.8) is 0 Å². The van der Waals surface area contributed by atoms with Gasteiger partial charge in [-0.2, -0.15) is 0 Å². The van der Waals surface area contributed by atoms with Gasteiger partial charge in [0.25, 0.3) is 0 Å². The van der Waals surface area contributed by atoms with Gasteiger partial charge in [0, 0.05) is 30.4 Å². The van der Waals surface area contributed by atoms with E-state index < -0.39 is 11.4 Å². The van der Waals surface area contributed by atoms with Crippen LogP contribution < -0.4 is 10.0 Å². The lowest BCUT2D eigenvalue weighted by Crippen LogP contribution is -2.34. The molecule has 1 aliphatic carbocycles. The Morgan fingerprint density at radius 2 is 2.12 bits per heavy atom. The van der Waals surface area contributed by atoms with E-state index in [0.717, 1.165) is 31.1 Å². The SMILES string of the molecule is C=CC(CCC1CCC(C)C1)NC(=O)CCCCN[S+]([O-])C(C)C. The molecular weight excluding hydrogens is 320 g/mol. The number of carbonyl (C=O) groups is 1. The van der Waals surface area contributed by atoms with E-state index in [-0.39, 0.29) is 17.2 Å². The first-order valence-electron chi connectivity index (χ1n) is 9.48. The Labute approximate surface area is 151 Å². The Morgan fingerprint density at radius 3 is 2.71 bits per heavy atom. The number of rotatable bonds is 12. The van der Waals surface area contributed by atoms with E-state index in [1.807, 2.05) is 19.9 Å². The van der Waals surface area contributed by atoms with Gasteiger partial charge in [-0.25, -0.2) is 0 Å². The highest BCUT2D eigenvalue weighted by Crippen LogP contribution is 2.33. The second-order valence-corrected chi connectivity index (χ2v) is 9.30. The van der Waals surface area contributed by atoms with Crippen LogP contribution in [-0.2, 0) is 16.2 Å². The summed E-state index contributed by atoms with van der Waals surface area (Å²) < 4.78 is 14.5. The quantitative estimate of drug-likeness (QED) is 0.318. The zero-order chi connectivity index (χ0) is 17.9. The molecule has 4 nitrogen and oxygen atoms in total. The van der Waals surface area contributed by atoms with E-state index in [1.54, 1.807) is 0 Å². The summed E-state index contributed by atoms with van der Waals surface area (Å²) in [7, 11) is 0. The molecule has 0 aliphatic heterocycles. The van der Waals surface area contributed by atoms with Crippen LogP contribution >= 0.6 is 0 Å². The van der Waals surface area contributed by atoms with Crippen molar-refractivity contribution < 1.29 is 9.35 Å². The van der Waals surface area contributed by atoms with Crippen LogP contribution in [-0.4, -0.2) is 28.3 Å². The van der Waals surface area contributed by atoms with Crippen molar-refractivity contribution in [2.45, 2.75) is 83.4 Å². The van der Waals surface area contributed by atoms with Crippen LogP contribution in [0, 0.1) is 11.8 Å². The van der Waals surface area contributed by atoms with E-state index in [0.29, 0.717) is 13.0 Å². The van der Waals surface area contributed by atoms with Gasteiger partial charge in [-0.1, -0.05) is 25.8 Å². The molecule has 1 rings (SSSR count). The molecule has 2 N–H and O–H groups in total. The fourth-order valence-corrected chi connectivity index (χ4v) is 3.96. The van der Waals surface area contributed by atoms with Gasteiger partial charge in [0.1, 0.15) is 5.25 Å². The summed E-state index contributed by atoms with van der Waals surface area (Å²) >= 11 is -0.967. The van der Waals surface area contributed by atoms with E-state index in [4.69, 9.17) is 0 Å². The second-order valence-electron chi connectivity index (χ2n) is 7.47. The van der Waals surface area contributed by atoms with Gasteiger partial charge in [0.05, 0.1) is 0 Å². The lowest BCUT2D eigenvalue weighted by atomic mass is 9.97. The maximum Gasteiger partial charge on any atom is 0.220 e. The smallest absolute Gasteiger partial charge is 0.220 e. The van der Waals surface area contributed by atoms with Crippen LogP contribution in [0.2, 0.25) is 0 Å². The highest BCUT2D eigenvalue weighted by molar-refractivity contribution is 7.90. The fourth-order valence-electron chi connectivity index (χ4n) is 3.28. The molecule has 0 aromatic carbocycles. The van der Waals surface area contributed by atoms with Gasteiger partial charge in [-0.05, 0) is 57.8 Å². The number of hydrogen-bond donors (Lipinski definition) is 2. The summed E-state index contributed by atoms with van der Waals surface area (Å²) in [6.45, 7) is 10.7. The second kappa shape index (κ2) is 11.9. The van der Waals surface area contributed by atoms with Gasteiger partial charge >= 0.3 is 0 Å². The van der Waals surface area contributed by atoms with Crippen molar-refractivity contribution in [1.29, 1.82) is 0 Å². The standard InChI is InChI=1S/C19H36N2O2S/c1-5-18(12-11-17-10-9-16(4)14-17)21-19(22)8-6-7-13-20-24(23)15(2)3/h5,15-18,20H,1,6-14H2,2-4H3,(H,21,22). The molecule has 140 valence electrons. The minimum Gasteiger partial charge on any atom is -0.598 e. The van der Waals surface area contributed by atoms with Crippen molar-refractivity contribution in [2.75, 3.05) is 6.54 Å². The zero-order valence-electron chi connectivity index (χ0n) is 15.7. The molecule has 5 heteroatoms. The largest absolute Gasteiger partial charge is 0.598 e. The first kappa shape index (κ1) is 21.5. The maximum atomic E-state index is 12.0. The van der Waals surface area contributed by atoms with E-state index in [2.05, 4.69) is 23.5 Å². The minimum absolute atomic E-state index is 0.0972. The van der Waals surface area contributed by atoms with Crippen molar-refractivity contribution in [3.05, 3.63) is 12.7 Å². The third kappa shape index (κ3) is 9.09. The first-order chi connectivity index (χ1) is 11.4. The van der Waals surface area contributed by atoms with E-state index in [1.165, 1.54) is 25.7 Å². The predicted molar refractivity (Wildman–Crippen MR) is 103 cm³/mol. The summed E-state index contributed by atoms with van der Waals surface area (Å²) in [5, 5.41) is 3.21.